The number of ether oxygens (including phenoxy) is 1. The zero-order valence-electron chi connectivity index (χ0n) is 7.72. The Morgan fingerprint density at radius 3 is 2.79 bits per heavy atom. The second-order valence-electron chi connectivity index (χ2n) is 2.71. The van der Waals surface area contributed by atoms with Crippen molar-refractivity contribution in [3.63, 3.8) is 0 Å². The van der Waals surface area contributed by atoms with Crippen molar-refractivity contribution in [3.8, 4) is 5.75 Å². The van der Waals surface area contributed by atoms with E-state index < -0.39 is 0 Å². The van der Waals surface area contributed by atoms with Gasteiger partial charge in [-0.25, -0.2) is 0 Å². The zero-order chi connectivity index (χ0) is 10.6. The van der Waals surface area contributed by atoms with E-state index in [1.165, 1.54) is 0 Å². The fourth-order valence-corrected chi connectivity index (χ4v) is 1.69. The van der Waals surface area contributed by atoms with Crippen LogP contribution in [0.15, 0.2) is 18.2 Å². The first-order valence-electron chi connectivity index (χ1n) is 4.11. The number of hydrogen-bond donors (Lipinski definition) is 0. The van der Waals surface area contributed by atoms with Gasteiger partial charge >= 0.3 is 0 Å². The van der Waals surface area contributed by atoms with Crippen LogP contribution in [-0.2, 0) is 0 Å². The molecule has 0 aliphatic heterocycles. The Kier molecular flexibility index (Phi) is 4.42. The third-order valence-corrected chi connectivity index (χ3v) is 2.49. The number of halogens is 2. The van der Waals surface area contributed by atoms with Gasteiger partial charge in [-0.1, -0.05) is 27.5 Å². The molecular formula is C10H10BrClO2. The SMILES string of the molecule is COc1ccc(C(=O)CCBr)cc1Cl. The predicted octanol–water partition coefficient (Wildman–Crippen LogP) is 3.32. The largest absolute Gasteiger partial charge is 0.495 e. The van der Waals surface area contributed by atoms with Gasteiger partial charge in [-0.3, -0.25) is 4.79 Å². The number of Topliss-reactive ketones (excluding diaryl/α,β-unsaturated/α-hetero) is 1. The summed E-state index contributed by atoms with van der Waals surface area (Å²) in [5, 5.41) is 1.13. The summed E-state index contributed by atoms with van der Waals surface area (Å²) in [5.74, 6) is 0.661. The topological polar surface area (TPSA) is 26.3 Å². The van der Waals surface area contributed by atoms with E-state index in [4.69, 9.17) is 16.3 Å². The Morgan fingerprint density at radius 1 is 1.57 bits per heavy atom. The molecule has 0 unspecified atom stereocenters. The van der Waals surface area contributed by atoms with Crippen LogP contribution in [0.25, 0.3) is 0 Å². The quantitative estimate of drug-likeness (QED) is 0.623. The summed E-state index contributed by atoms with van der Waals surface area (Å²) in [4.78, 5) is 11.5. The molecule has 1 aromatic rings. The van der Waals surface area contributed by atoms with Crippen LogP contribution in [0, 0.1) is 0 Å². The molecule has 0 aliphatic rings. The molecule has 0 atom stereocenters. The fraction of sp³-hybridized carbons (Fsp3) is 0.300. The molecule has 14 heavy (non-hydrogen) atoms. The Hall–Kier alpha value is -0.540. The third-order valence-electron chi connectivity index (χ3n) is 1.80. The highest BCUT2D eigenvalue weighted by molar-refractivity contribution is 9.09. The van der Waals surface area contributed by atoms with E-state index in [0.717, 1.165) is 0 Å². The molecule has 0 radical (unpaired) electrons. The maximum absolute atomic E-state index is 11.5. The normalized spacial score (nSPS) is 9.93. The predicted molar refractivity (Wildman–Crippen MR) is 60.7 cm³/mol. The van der Waals surface area contributed by atoms with Crippen molar-refractivity contribution in [2.45, 2.75) is 6.42 Å². The molecule has 0 aliphatic carbocycles. The van der Waals surface area contributed by atoms with Crippen LogP contribution < -0.4 is 4.74 Å². The van der Waals surface area contributed by atoms with Crippen molar-refractivity contribution in [1.82, 2.24) is 0 Å². The van der Waals surface area contributed by atoms with Gasteiger partial charge in [0.1, 0.15) is 5.75 Å². The van der Waals surface area contributed by atoms with E-state index in [1.54, 1.807) is 25.3 Å². The number of carbonyl (C=O) groups is 1. The number of benzene rings is 1. The lowest BCUT2D eigenvalue weighted by molar-refractivity contribution is 0.0990. The Bertz CT molecular complexity index is 339. The minimum absolute atomic E-state index is 0.0754. The Morgan fingerprint density at radius 2 is 2.29 bits per heavy atom. The lowest BCUT2D eigenvalue weighted by Gasteiger charge is -2.04. The fourth-order valence-electron chi connectivity index (χ4n) is 1.07. The molecule has 0 spiro atoms. The van der Waals surface area contributed by atoms with Crippen LogP contribution in [0.4, 0.5) is 0 Å². The van der Waals surface area contributed by atoms with Gasteiger partial charge in [0.15, 0.2) is 5.78 Å². The van der Waals surface area contributed by atoms with Crippen LogP contribution in [0.1, 0.15) is 16.8 Å². The van der Waals surface area contributed by atoms with Crippen molar-refractivity contribution < 1.29 is 9.53 Å². The van der Waals surface area contributed by atoms with Gasteiger partial charge in [0.05, 0.1) is 12.1 Å². The van der Waals surface area contributed by atoms with E-state index >= 15 is 0 Å². The molecule has 76 valence electrons. The van der Waals surface area contributed by atoms with Crippen molar-refractivity contribution >= 4 is 33.3 Å². The van der Waals surface area contributed by atoms with E-state index in [1.807, 2.05) is 0 Å². The van der Waals surface area contributed by atoms with Gasteiger partial charge in [-0.15, -0.1) is 0 Å². The number of hydrogen-bond acceptors (Lipinski definition) is 2. The summed E-state index contributed by atoms with van der Waals surface area (Å²) in [7, 11) is 1.54. The summed E-state index contributed by atoms with van der Waals surface area (Å²) >= 11 is 9.10. The molecule has 0 fully saturated rings. The summed E-state index contributed by atoms with van der Waals surface area (Å²) in [6.07, 6.45) is 0.475. The molecule has 0 bridgehead atoms. The van der Waals surface area contributed by atoms with E-state index in [2.05, 4.69) is 15.9 Å². The van der Waals surface area contributed by atoms with Crippen molar-refractivity contribution in [1.29, 1.82) is 0 Å². The molecule has 1 rings (SSSR count). The first kappa shape index (κ1) is 11.5. The van der Waals surface area contributed by atoms with Gasteiger partial charge in [0.25, 0.3) is 0 Å². The van der Waals surface area contributed by atoms with Gasteiger partial charge in [0, 0.05) is 17.3 Å². The van der Waals surface area contributed by atoms with Gasteiger partial charge < -0.3 is 4.74 Å². The average molecular weight is 278 g/mol. The Balaban J connectivity index is 2.91. The standard InChI is InChI=1S/C10H10BrClO2/c1-14-10-3-2-7(6-8(10)12)9(13)4-5-11/h2-3,6H,4-5H2,1H3. The van der Waals surface area contributed by atoms with E-state index in [9.17, 15) is 4.79 Å². The molecule has 2 nitrogen and oxygen atoms in total. The second-order valence-corrected chi connectivity index (χ2v) is 3.91. The first-order chi connectivity index (χ1) is 6.69. The average Bonchev–Trinajstić information content (AvgIpc) is 2.18. The lowest BCUT2D eigenvalue weighted by atomic mass is 10.1. The van der Waals surface area contributed by atoms with Gasteiger partial charge in [-0.2, -0.15) is 0 Å². The Labute approximate surface area is 96.3 Å². The van der Waals surface area contributed by atoms with Crippen LogP contribution >= 0.6 is 27.5 Å². The number of ketones is 1. The minimum Gasteiger partial charge on any atom is -0.495 e. The molecule has 0 amide bonds. The molecule has 4 heteroatoms. The van der Waals surface area contributed by atoms with Gasteiger partial charge in [0.2, 0.25) is 0 Å². The number of methoxy groups -OCH3 is 1. The summed E-state index contributed by atoms with van der Waals surface area (Å²) in [6, 6.07) is 5.05. The van der Waals surface area contributed by atoms with Crippen molar-refractivity contribution in [2.24, 2.45) is 0 Å². The molecule has 0 N–H and O–H groups in total. The molecule has 0 heterocycles. The molecule has 1 aromatic carbocycles. The van der Waals surface area contributed by atoms with Crippen LogP contribution in [0.3, 0.4) is 0 Å². The minimum atomic E-state index is 0.0754. The number of alkyl halides is 1. The van der Waals surface area contributed by atoms with E-state index in [-0.39, 0.29) is 5.78 Å². The maximum atomic E-state index is 11.5. The number of rotatable bonds is 4. The molecular weight excluding hydrogens is 267 g/mol. The van der Waals surface area contributed by atoms with Crippen molar-refractivity contribution in [2.75, 3.05) is 12.4 Å². The maximum Gasteiger partial charge on any atom is 0.163 e. The highest BCUT2D eigenvalue weighted by atomic mass is 79.9. The van der Waals surface area contributed by atoms with Crippen LogP contribution in [0.5, 0.6) is 5.75 Å². The van der Waals surface area contributed by atoms with E-state index in [0.29, 0.717) is 28.1 Å². The number of carbonyl (C=O) groups excluding carboxylic acids is 1. The first-order valence-corrected chi connectivity index (χ1v) is 5.61. The monoisotopic (exact) mass is 276 g/mol. The highest BCUT2D eigenvalue weighted by Gasteiger charge is 2.07. The van der Waals surface area contributed by atoms with Crippen molar-refractivity contribution in [3.05, 3.63) is 28.8 Å². The molecule has 0 aromatic heterocycles. The van der Waals surface area contributed by atoms with Gasteiger partial charge in [-0.05, 0) is 18.2 Å². The molecule has 0 saturated carbocycles. The summed E-state index contributed by atoms with van der Waals surface area (Å²) < 4.78 is 4.99. The molecule has 0 saturated heterocycles. The third kappa shape index (κ3) is 2.72. The lowest BCUT2D eigenvalue weighted by Crippen LogP contribution is -1.99. The van der Waals surface area contributed by atoms with Crippen LogP contribution in [-0.4, -0.2) is 18.2 Å². The second kappa shape index (κ2) is 5.37. The smallest absolute Gasteiger partial charge is 0.163 e. The summed E-state index contributed by atoms with van der Waals surface area (Å²) in [6.45, 7) is 0. The highest BCUT2D eigenvalue weighted by Crippen LogP contribution is 2.25. The summed E-state index contributed by atoms with van der Waals surface area (Å²) in [5.41, 5.74) is 0.621. The van der Waals surface area contributed by atoms with Crippen LogP contribution in [0.2, 0.25) is 5.02 Å². The zero-order valence-corrected chi connectivity index (χ0v) is 10.1.